The van der Waals surface area contributed by atoms with Crippen LogP contribution >= 0.6 is 0 Å². The zero-order chi connectivity index (χ0) is 51.5. The maximum Gasteiger partial charge on any atom is 0.252 e. The first-order chi connectivity index (χ1) is 37.3. The van der Waals surface area contributed by atoms with Crippen LogP contribution in [0.3, 0.4) is 0 Å². The molecular formula is C72H64BN3. The number of unbranched alkanes of at least 4 members (excludes halogenated alkanes) is 2. The largest absolute Gasteiger partial charge is 0.311 e. The monoisotopic (exact) mass is 982 g/mol. The van der Waals surface area contributed by atoms with E-state index in [0.29, 0.717) is 0 Å². The van der Waals surface area contributed by atoms with Gasteiger partial charge in [0, 0.05) is 50.3 Å². The van der Waals surface area contributed by atoms with E-state index in [0.717, 1.165) is 44.2 Å². The van der Waals surface area contributed by atoms with E-state index in [2.05, 4.69) is 273 Å². The fraction of sp³-hybridized carbons (Fsp3) is 0.167. The lowest BCUT2D eigenvalue weighted by Crippen LogP contribution is -2.61. The average molecular weight is 982 g/mol. The van der Waals surface area contributed by atoms with Crippen LogP contribution in [-0.2, 0) is 18.3 Å². The van der Waals surface area contributed by atoms with Gasteiger partial charge in [0.15, 0.2) is 0 Å². The van der Waals surface area contributed by atoms with Gasteiger partial charge in [-0.3, -0.25) is 0 Å². The summed E-state index contributed by atoms with van der Waals surface area (Å²) in [6.07, 6.45) is 6.38. The van der Waals surface area contributed by atoms with E-state index in [-0.39, 0.29) is 12.1 Å². The Morgan fingerprint density at radius 3 is 1.42 bits per heavy atom. The van der Waals surface area contributed by atoms with Crippen LogP contribution in [0, 0.1) is 0 Å². The molecule has 2 aliphatic rings. The zero-order valence-corrected chi connectivity index (χ0v) is 44.5. The first kappa shape index (κ1) is 47.4. The zero-order valence-electron chi connectivity index (χ0n) is 44.5. The molecule has 0 bridgehead atoms. The predicted molar refractivity (Wildman–Crippen MR) is 327 cm³/mol. The van der Waals surface area contributed by atoms with E-state index >= 15 is 0 Å². The molecule has 0 amide bonds. The van der Waals surface area contributed by atoms with Crippen molar-refractivity contribution in [1.29, 1.82) is 0 Å². The molecule has 10 aromatic carbocycles. The molecule has 0 unspecified atom stereocenters. The van der Waals surface area contributed by atoms with Gasteiger partial charge in [-0.15, -0.1) is 0 Å². The van der Waals surface area contributed by atoms with Gasteiger partial charge >= 0.3 is 0 Å². The summed E-state index contributed by atoms with van der Waals surface area (Å²) in [5.74, 6) is 0. The van der Waals surface area contributed by atoms with E-state index in [1.165, 1.54) is 122 Å². The molecule has 0 aliphatic carbocycles. The van der Waals surface area contributed by atoms with Crippen LogP contribution in [0.15, 0.2) is 224 Å². The van der Waals surface area contributed by atoms with Gasteiger partial charge in [-0.25, -0.2) is 0 Å². The molecule has 0 atom stereocenters. The summed E-state index contributed by atoms with van der Waals surface area (Å²) in [6, 6.07) is 85.1. The van der Waals surface area contributed by atoms with Crippen molar-refractivity contribution < 1.29 is 0 Å². The standard InChI is InChI=1S/C72H64BN3/c1-6-8-25-52-33-23-37-57(50-29-15-11-16-30-50)70(52)75-65-44-41-54(49-27-13-10-14-28-49)45-62(65)73-61-43-42-56(74-63-39-21-19-35-59(63)60-36-20-22-40-64(60)74)48-66(61)76(68-47-55(72(3,4)5)46-67(75)69(68)73)71-53(26-9-7-2)34-24-38-58(71)51-31-17-12-18-32-51/h10-24,27-48H,6-9,25-26H2,1-5H3. The van der Waals surface area contributed by atoms with Gasteiger partial charge in [-0.05, 0) is 129 Å². The van der Waals surface area contributed by atoms with Crippen LogP contribution in [-0.4, -0.2) is 11.3 Å². The van der Waals surface area contributed by atoms with Crippen LogP contribution in [0.5, 0.6) is 0 Å². The normalized spacial score (nSPS) is 12.8. The number of para-hydroxylation sites is 4. The van der Waals surface area contributed by atoms with Crippen molar-refractivity contribution >= 4 is 79.0 Å². The van der Waals surface area contributed by atoms with Crippen molar-refractivity contribution in [2.75, 3.05) is 9.80 Å². The summed E-state index contributed by atoms with van der Waals surface area (Å²) in [5, 5.41) is 2.52. The van der Waals surface area contributed by atoms with Crippen molar-refractivity contribution in [3.63, 3.8) is 0 Å². The second-order valence-corrected chi connectivity index (χ2v) is 22.1. The Balaban J connectivity index is 1.20. The third-order valence-electron chi connectivity index (χ3n) is 16.3. The molecule has 370 valence electrons. The molecule has 13 rings (SSSR count). The van der Waals surface area contributed by atoms with Gasteiger partial charge in [0.05, 0.1) is 22.4 Å². The SMILES string of the molecule is CCCCc1cccc(-c2ccccc2)c1N1c2ccc(-c3ccccc3)cc2B2c3ccc(-n4c5ccccc5c5ccccc54)cc3N(c3c(CCCC)cccc3-c3ccccc3)c3cc(C(C)(C)C)cc1c32. The Bertz CT molecular complexity index is 3910. The van der Waals surface area contributed by atoms with Gasteiger partial charge in [0.2, 0.25) is 0 Å². The topological polar surface area (TPSA) is 11.4 Å². The highest BCUT2D eigenvalue weighted by Gasteiger charge is 2.46. The summed E-state index contributed by atoms with van der Waals surface area (Å²) in [7, 11) is 0. The van der Waals surface area contributed by atoms with Crippen LogP contribution < -0.4 is 26.2 Å². The third kappa shape index (κ3) is 7.97. The van der Waals surface area contributed by atoms with Gasteiger partial charge < -0.3 is 14.4 Å². The fourth-order valence-corrected chi connectivity index (χ4v) is 12.6. The lowest BCUT2D eigenvalue weighted by Gasteiger charge is -2.46. The average Bonchev–Trinajstić information content (AvgIpc) is 3.94. The Morgan fingerprint density at radius 1 is 0.395 bits per heavy atom. The maximum absolute atomic E-state index is 2.73. The molecule has 3 heterocycles. The van der Waals surface area contributed by atoms with Crippen LogP contribution in [0.4, 0.5) is 34.1 Å². The Labute approximate surface area is 449 Å². The minimum atomic E-state index is -0.186. The Kier molecular flexibility index (Phi) is 12.1. The highest BCUT2D eigenvalue weighted by atomic mass is 15.2. The first-order valence-corrected chi connectivity index (χ1v) is 27.8. The summed E-state index contributed by atoms with van der Waals surface area (Å²) < 4.78 is 2.50. The van der Waals surface area contributed by atoms with E-state index in [4.69, 9.17) is 0 Å². The molecule has 0 fully saturated rings. The second-order valence-electron chi connectivity index (χ2n) is 22.1. The highest BCUT2D eigenvalue weighted by Crippen LogP contribution is 2.52. The summed E-state index contributed by atoms with van der Waals surface area (Å²) in [4.78, 5) is 5.44. The molecule has 0 saturated carbocycles. The number of benzene rings is 10. The number of aromatic nitrogens is 1. The molecule has 4 heteroatoms. The van der Waals surface area contributed by atoms with Gasteiger partial charge in [0.25, 0.3) is 6.71 Å². The Morgan fingerprint density at radius 2 is 0.895 bits per heavy atom. The van der Waals surface area contributed by atoms with Crippen LogP contribution in [0.2, 0.25) is 0 Å². The van der Waals surface area contributed by atoms with E-state index in [9.17, 15) is 0 Å². The predicted octanol–water partition coefficient (Wildman–Crippen LogP) is 17.8. The van der Waals surface area contributed by atoms with Crippen molar-refractivity contribution in [2.24, 2.45) is 0 Å². The first-order valence-electron chi connectivity index (χ1n) is 27.8. The molecule has 76 heavy (non-hydrogen) atoms. The molecule has 3 nitrogen and oxygen atoms in total. The number of fused-ring (bicyclic) bond motifs is 7. The van der Waals surface area contributed by atoms with Crippen molar-refractivity contribution in [3.8, 4) is 39.1 Å². The number of anilines is 6. The quantitative estimate of drug-likeness (QED) is 0.113. The highest BCUT2D eigenvalue weighted by molar-refractivity contribution is 7.00. The lowest BCUT2D eigenvalue weighted by atomic mass is 9.33. The lowest BCUT2D eigenvalue weighted by molar-refractivity contribution is 0.590. The number of rotatable bonds is 12. The summed E-state index contributed by atoms with van der Waals surface area (Å²) in [5.41, 5.74) is 26.2. The molecule has 11 aromatic rings. The second kappa shape index (κ2) is 19.4. The number of hydrogen-bond acceptors (Lipinski definition) is 2. The van der Waals surface area contributed by atoms with Gasteiger partial charge in [0.1, 0.15) is 0 Å². The van der Waals surface area contributed by atoms with Crippen molar-refractivity contribution in [2.45, 2.75) is 78.6 Å². The van der Waals surface area contributed by atoms with E-state index < -0.39 is 0 Å². The van der Waals surface area contributed by atoms with Gasteiger partial charge in [-0.2, -0.15) is 0 Å². The van der Waals surface area contributed by atoms with Crippen LogP contribution in [0.1, 0.15) is 77.0 Å². The summed E-state index contributed by atoms with van der Waals surface area (Å²) in [6.45, 7) is 11.7. The van der Waals surface area contributed by atoms with E-state index in [1.54, 1.807) is 0 Å². The van der Waals surface area contributed by atoms with Crippen molar-refractivity contribution in [3.05, 3.63) is 241 Å². The smallest absolute Gasteiger partial charge is 0.252 e. The summed E-state index contributed by atoms with van der Waals surface area (Å²) >= 11 is 0. The van der Waals surface area contributed by atoms with Crippen LogP contribution in [0.25, 0.3) is 60.9 Å². The minimum Gasteiger partial charge on any atom is -0.311 e. The van der Waals surface area contributed by atoms with Gasteiger partial charge in [-0.1, -0.05) is 229 Å². The molecule has 0 radical (unpaired) electrons. The number of hydrogen-bond donors (Lipinski definition) is 0. The minimum absolute atomic E-state index is 0.0849. The molecule has 0 N–H and O–H groups in total. The molecular weight excluding hydrogens is 918 g/mol. The molecule has 0 spiro atoms. The number of nitrogens with zero attached hydrogens (tertiary/aromatic N) is 3. The van der Waals surface area contributed by atoms with Crippen molar-refractivity contribution in [1.82, 2.24) is 4.57 Å². The third-order valence-corrected chi connectivity index (χ3v) is 16.3. The molecule has 0 saturated heterocycles. The number of aryl methyl sites for hydroxylation is 2. The fourth-order valence-electron chi connectivity index (χ4n) is 12.6. The Hall–Kier alpha value is -8.34. The maximum atomic E-state index is 2.73. The molecule has 2 aliphatic heterocycles. The van der Waals surface area contributed by atoms with E-state index in [1.807, 2.05) is 0 Å². The molecule has 1 aromatic heterocycles.